The van der Waals surface area contributed by atoms with Crippen LogP contribution < -0.4 is 10.9 Å². The van der Waals surface area contributed by atoms with Gasteiger partial charge < -0.3 is 14.8 Å². The summed E-state index contributed by atoms with van der Waals surface area (Å²) in [5.41, 5.74) is 0.592. The lowest BCUT2D eigenvalue weighted by Crippen LogP contribution is -2.23. The number of rotatable bonds is 4. The molecule has 2 aromatic heterocycles. The zero-order chi connectivity index (χ0) is 21.4. The fourth-order valence-corrected chi connectivity index (χ4v) is 3.31. The number of carbonyl (C=O) groups excluding carboxylic acids is 1. The highest BCUT2D eigenvalue weighted by atomic mass is 79.9. The molecule has 0 saturated carbocycles. The third-order valence-electron chi connectivity index (χ3n) is 4.45. The average molecular weight is 468 g/mol. The number of hydrogen-bond donors (Lipinski definition) is 2. The monoisotopic (exact) mass is 467 g/mol. The largest absolute Gasteiger partial charge is 0.477 e. The fraction of sp³-hybridized carbons (Fsp3) is 0.0476. The molecule has 30 heavy (non-hydrogen) atoms. The van der Waals surface area contributed by atoms with E-state index < -0.39 is 17.5 Å². The van der Waals surface area contributed by atoms with Gasteiger partial charge in [-0.2, -0.15) is 5.10 Å². The Morgan fingerprint density at radius 3 is 2.53 bits per heavy atom. The molecule has 0 aliphatic carbocycles. The van der Waals surface area contributed by atoms with Gasteiger partial charge in [0.1, 0.15) is 16.7 Å². The smallest absolute Gasteiger partial charge is 0.349 e. The van der Waals surface area contributed by atoms with Gasteiger partial charge in [-0.15, -0.1) is 0 Å². The van der Waals surface area contributed by atoms with Crippen molar-refractivity contribution in [2.24, 2.45) is 0 Å². The van der Waals surface area contributed by atoms with Crippen molar-refractivity contribution in [2.75, 3.05) is 5.32 Å². The van der Waals surface area contributed by atoms with Crippen molar-refractivity contribution in [3.63, 3.8) is 0 Å². The topological polar surface area (TPSA) is 114 Å². The molecule has 0 aliphatic heterocycles. The Kier molecular flexibility index (Phi) is 4.96. The number of anilines is 1. The zero-order valence-electron chi connectivity index (χ0n) is 15.5. The van der Waals surface area contributed by atoms with E-state index in [1.54, 1.807) is 30.3 Å². The predicted molar refractivity (Wildman–Crippen MR) is 113 cm³/mol. The molecule has 2 N–H and O–H groups in total. The van der Waals surface area contributed by atoms with Gasteiger partial charge in [0.2, 0.25) is 0 Å². The lowest BCUT2D eigenvalue weighted by atomic mass is 10.1. The summed E-state index contributed by atoms with van der Waals surface area (Å²) >= 11 is 3.33. The maximum Gasteiger partial charge on any atom is 0.349 e. The second-order valence-corrected chi connectivity index (χ2v) is 7.46. The number of halogens is 1. The minimum Gasteiger partial charge on any atom is -0.477 e. The Morgan fingerprint density at radius 1 is 1.10 bits per heavy atom. The number of nitrogens with zero attached hydrogens (tertiary/aromatic N) is 2. The minimum atomic E-state index is -1.27. The molecule has 2 aromatic carbocycles. The molecule has 0 spiro atoms. The summed E-state index contributed by atoms with van der Waals surface area (Å²) in [6.07, 6.45) is 1.14. The summed E-state index contributed by atoms with van der Waals surface area (Å²) in [5, 5.41) is 16.6. The van der Waals surface area contributed by atoms with E-state index >= 15 is 0 Å². The molecule has 0 saturated heterocycles. The zero-order valence-corrected chi connectivity index (χ0v) is 17.1. The molecule has 1 amide bonds. The van der Waals surface area contributed by atoms with Crippen LogP contribution in [0, 0.1) is 6.92 Å². The van der Waals surface area contributed by atoms with Crippen LogP contribution in [0.3, 0.4) is 0 Å². The Hall–Kier alpha value is -3.72. The lowest BCUT2D eigenvalue weighted by molar-refractivity contribution is 0.0698. The molecule has 9 heteroatoms. The van der Waals surface area contributed by atoms with E-state index in [0.29, 0.717) is 16.7 Å². The summed E-state index contributed by atoms with van der Waals surface area (Å²) in [6, 6.07) is 13.6. The van der Waals surface area contributed by atoms with Crippen LogP contribution >= 0.6 is 15.9 Å². The van der Waals surface area contributed by atoms with Crippen LogP contribution in [0.1, 0.15) is 26.3 Å². The molecule has 4 rings (SSSR count). The van der Waals surface area contributed by atoms with Gasteiger partial charge in [0.15, 0.2) is 5.82 Å². The second kappa shape index (κ2) is 7.60. The van der Waals surface area contributed by atoms with Crippen LogP contribution in [0.4, 0.5) is 5.82 Å². The highest BCUT2D eigenvalue weighted by Crippen LogP contribution is 2.23. The summed E-state index contributed by atoms with van der Waals surface area (Å²) < 4.78 is 7.26. The lowest BCUT2D eigenvalue weighted by Gasteiger charge is -2.10. The summed E-state index contributed by atoms with van der Waals surface area (Å²) in [7, 11) is 0. The first-order valence-electron chi connectivity index (χ1n) is 8.76. The van der Waals surface area contributed by atoms with Gasteiger partial charge in [-0.1, -0.05) is 33.6 Å². The van der Waals surface area contributed by atoms with E-state index in [0.717, 1.165) is 16.2 Å². The average Bonchev–Trinajstić information content (AvgIpc) is 3.12. The Bertz CT molecular complexity index is 1360. The summed E-state index contributed by atoms with van der Waals surface area (Å²) in [5.74, 6) is -2.13. The van der Waals surface area contributed by atoms with Crippen LogP contribution in [0.15, 0.2) is 68.4 Å². The number of amides is 1. The van der Waals surface area contributed by atoms with Crippen molar-refractivity contribution in [3.8, 4) is 5.69 Å². The number of hydrogen-bond acceptors (Lipinski definition) is 5. The molecular weight excluding hydrogens is 454 g/mol. The van der Waals surface area contributed by atoms with Crippen molar-refractivity contribution in [3.05, 3.63) is 86.3 Å². The van der Waals surface area contributed by atoms with Crippen LogP contribution in [-0.4, -0.2) is 26.8 Å². The SMILES string of the molecule is Cc1ccc(-n2ncc(C(=O)O)c2NC(=O)c2cc3cc(Br)ccc3oc2=O)cc1. The van der Waals surface area contributed by atoms with Gasteiger partial charge in [0.25, 0.3) is 5.91 Å². The quantitative estimate of drug-likeness (QED) is 0.438. The fourth-order valence-electron chi connectivity index (χ4n) is 2.93. The first-order chi connectivity index (χ1) is 14.3. The van der Waals surface area contributed by atoms with E-state index in [-0.39, 0.29) is 16.9 Å². The maximum absolute atomic E-state index is 12.9. The van der Waals surface area contributed by atoms with Gasteiger partial charge in [-0.05, 0) is 43.3 Å². The van der Waals surface area contributed by atoms with Crippen LogP contribution in [-0.2, 0) is 0 Å². The summed E-state index contributed by atoms with van der Waals surface area (Å²) in [4.78, 5) is 36.8. The molecule has 0 fully saturated rings. The highest BCUT2D eigenvalue weighted by Gasteiger charge is 2.22. The van der Waals surface area contributed by atoms with Gasteiger partial charge in [-0.25, -0.2) is 14.3 Å². The second-order valence-electron chi connectivity index (χ2n) is 6.54. The minimum absolute atomic E-state index is 0.0647. The number of carboxylic acid groups (broad SMARTS) is 1. The van der Waals surface area contributed by atoms with Crippen LogP contribution in [0.5, 0.6) is 0 Å². The normalized spacial score (nSPS) is 10.9. The molecule has 0 atom stereocenters. The number of nitrogens with one attached hydrogen (secondary N) is 1. The van der Waals surface area contributed by atoms with Crippen molar-refractivity contribution >= 4 is 44.6 Å². The Labute approximate surface area is 177 Å². The van der Waals surface area contributed by atoms with E-state index in [9.17, 15) is 19.5 Å². The standard InChI is InChI=1S/C21H14BrN3O5/c1-11-2-5-14(6-3-11)25-18(16(10-23-25)20(27)28)24-19(26)15-9-12-8-13(22)4-7-17(12)30-21(15)29/h2-10H,1H3,(H,24,26)(H,27,28). The van der Waals surface area contributed by atoms with Crippen molar-refractivity contribution in [2.45, 2.75) is 6.92 Å². The van der Waals surface area contributed by atoms with Crippen LogP contribution in [0.2, 0.25) is 0 Å². The molecule has 0 unspecified atom stereocenters. The highest BCUT2D eigenvalue weighted by molar-refractivity contribution is 9.10. The third-order valence-corrected chi connectivity index (χ3v) is 4.94. The Balaban J connectivity index is 1.78. The van der Waals surface area contributed by atoms with Gasteiger partial charge in [-0.3, -0.25) is 4.79 Å². The molecule has 0 radical (unpaired) electrons. The maximum atomic E-state index is 12.9. The van der Waals surface area contributed by atoms with Gasteiger partial charge in [0, 0.05) is 9.86 Å². The van der Waals surface area contributed by atoms with Crippen LogP contribution in [0.25, 0.3) is 16.7 Å². The molecule has 4 aromatic rings. The third kappa shape index (κ3) is 3.62. The number of aromatic carboxylic acids is 1. The summed E-state index contributed by atoms with van der Waals surface area (Å²) in [6.45, 7) is 1.91. The van der Waals surface area contributed by atoms with E-state index in [4.69, 9.17) is 4.42 Å². The molecule has 8 nitrogen and oxygen atoms in total. The number of carboxylic acids is 1. The van der Waals surface area contributed by atoms with E-state index in [2.05, 4.69) is 26.3 Å². The molecule has 0 aliphatic rings. The molecular formula is C21H14BrN3O5. The molecule has 2 heterocycles. The number of aryl methyl sites for hydroxylation is 1. The van der Waals surface area contributed by atoms with Crippen molar-refractivity contribution in [1.82, 2.24) is 9.78 Å². The van der Waals surface area contributed by atoms with E-state index in [1.165, 1.54) is 10.7 Å². The van der Waals surface area contributed by atoms with Crippen molar-refractivity contribution < 1.29 is 19.1 Å². The molecule has 150 valence electrons. The van der Waals surface area contributed by atoms with Gasteiger partial charge >= 0.3 is 11.6 Å². The first kappa shape index (κ1) is 19.6. The number of aromatic nitrogens is 2. The molecule has 0 bridgehead atoms. The van der Waals surface area contributed by atoms with Gasteiger partial charge in [0.05, 0.1) is 11.9 Å². The predicted octanol–water partition coefficient (Wildman–Crippen LogP) is 4.00. The number of benzene rings is 2. The number of carbonyl (C=O) groups is 2. The van der Waals surface area contributed by atoms with Crippen molar-refractivity contribution in [1.29, 1.82) is 0 Å². The van der Waals surface area contributed by atoms with E-state index in [1.807, 2.05) is 19.1 Å². The number of fused-ring (bicyclic) bond motifs is 1. The first-order valence-corrected chi connectivity index (χ1v) is 9.56. The Morgan fingerprint density at radius 2 is 1.83 bits per heavy atom.